The van der Waals surface area contributed by atoms with Crippen LogP contribution in [0.4, 0.5) is 0 Å². The van der Waals surface area contributed by atoms with Gasteiger partial charge >= 0.3 is 0 Å². The summed E-state index contributed by atoms with van der Waals surface area (Å²) in [6.45, 7) is 9.03. The number of benzene rings is 2. The Bertz CT molecular complexity index is 833. The van der Waals surface area contributed by atoms with E-state index in [2.05, 4.69) is 67.5 Å². The van der Waals surface area contributed by atoms with Crippen molar-refractivity contribution < 1.29 is 0 Å². The summed E-state index contributed by atoms with van der Waals surface area (Å²) in [5.74, 6) is 2.17. The number of imidazole rings is 1. The summed E-state index contributed by atoms with van der Waals surface area (Å²) in [6.07, 6.45) is 3.12. The van der Waals surface area contributed by atoms with Crippen LogP contribution in [0.25, 0.3) is 22.4 Å². The maximum atomic E-state index is 4.89. The van der Waals surface area contributed by atoms with Crippen LogP contribution in [0, 0.1) is 6.92 Å². The number of thioether (sulfide) groups is 1. The summed E-state index contributed by atoms with van der Waals surface area (Å²) in [4.78, 5) is 6.20. The van der Waals surface area contributed by atoms with E-state index in [9.17, 15) is 0 Å². The molecule has 0 aliphatic carbocycles. The maximum Gasteiger partial charge on any atom is 0.141 e. The Hall–Kier alpha value is -2.00. The molecule has 23 heavy (non-hydrogen) atoms. The van der Waals surface area contributed by atoms with Gasteiger partial charge in [0.25, 0.3) is 0 Å². The van der Waals surface area contributed by atoms with Gasteiger partial charge in [0.1, 0.15) is 5.82 Å². The first kappa shape index (κ1) is 15.9. The van der Waals surface area contributed by atoms with Crippen molar-refractivity contribution in [3.8, 4) is 11.4 Å². The zero-order valence-corrected chi connectivity index (χ0v) is 14.6. The minimum Gasteiger partial charge on any atom is -0.320 e. The van der Waals surface area contributed by atoms with Crippen LogP contribution in [0.5, 0.6) is 0 Å². The first-order chi connectivity index (χ1) is 11.2. The van der Waals surface area contributed by atoms with E-state index in [0.29, 0.717) is 0 Å². The maximum absolute atomic E-state index is 4.89. The first-order valence-corrected chi connectivity index (χ1v) is 9.03. The van der Waals surface area contributed by atoms with Crippen molar-refractivity contribution in [1.82, 2.24) is 9.55 Å². The van der Waals surface area contributed by atoms with E-state index in [-0.39, 0.29) is 0 Å². The zero-order chi connectivity index (χ0) is 16.2. The summed E-state index contributed by atoms with van der Waals surface area (Å²) in [7, 11) is 0. The SMILES string of the molecule is C=CCn1c(-c2ccccc2C)nc2ccc(SCCC)cc21. The van der Waals surface area contributed by atoms with Crippen molar-refractivity contribution in [2.75, 3.05) is 5.75 Å². The number of aryl methyl sites for hydroxylation is 1. The second kappa shape index (κ2) is 7.05. The second-order valence-corrected chi connectivity index (χ2v) is 6.82. The van der Waals surface area contributed by atoms with Gasteiger partial charge in [-0.15, -0.1) is 18.3 Å². The molecule has 3 aromatic rings. The van der Waals surface area contributed by atoms with Crippen LogP contribution in [-0.4, -0.2) is 15.3 Å². The molecule has 3 heteroatoms. The lowest BCUT2D eigenvalue weighted by Gasteiger charge is -2.09. The van der Waals surface area contributed by atoms with Gasteiger partial charge in [-0.3, -0.25) is 0 Å². The normalized spacial score (nSPS) is 11.0. The van der Waals surface area contributed by atoms with E-state index in [1.54, 1.807) is 0 Å². The molecule has 1 aromatic heterocycles. The van der Waals surface area contributed by atoms with Crippen LogP contribution in [0.3, 0.4) is 0 Å². The Balaban J connectivity index is 2.16. The number of fused-ring (bicyclic) bond motifs is 1. The Morgan fingerprint density at radius 2 is 2.04 bits per heavy atom. The molecule has 0 saturated heterocycles. The van der Waals surface area contributed by atoms with Gasteiger partial charge in [0.2, 0.25) is 0 Å². The van der Waals surface area contributed by atoms with Gasteiger partial charge in [0, 0.05) is 17.0 Å². The minimum atomic E-state index is 0.766. The number of hydrogen-bond donors (Lipinski definition) is 0. The quantitative estimate of drug-likeness (QED) is 0.428. The summed E-state index contributed by atoms with van der Waals surface area (Å²) in [5.41, 5.74) is 4.66. The van der Waals surface area contributed by atoms with E-state index < -0.39 is 0 Å². The molecule has 2 nitrogen and oxygen atoms in total. The number of nitrogens with zero attached hydrogens (tertiary/aromatic N) is 2. The summed E-state index contributed by atoms with van der Waals surface area (Å²) in [5, 5.41) is 0. The molecule has 0 radical (unpaired) electrons. The number of aromatic nitrogens is 2. The largest absolute Gasteiger partial charge is 0.320 e. The molecule has 1 heterocycles. The van der Waals surface area contributed by atoms with Crippen LogP contribution in [0.1, 0.15) is 18.9 Å². The molecule has 0 spiro atoms. The summed E-state index contributed by atoms with van der Waals surface area (Å²) >= 11 is 1.90. The Labute approximate surface area is 142 Å². The molecule has 0 aliphatic heterocycles. The van der Waals surface area contributed by atoms with E-state index in [0.717, 1.165) is 23.6 Å². The average molecular weight is 322 g/mol. The van der Waals surface area contributed by atoms with E-state index in [4.69, 9.17) is 4.98 Å². The topological polar surface area (TPSA) is 17.8 Å². The third kappa shape index (κ3) is 3.20. The van der Waals surface area contributed by atoms with Crippen molar-refractivity contribution in [1.29, 1.82) is 0 Å². The van der Waals surface area contributed by atoms with Crippen LogP contribution >= 0.6 is 11.8 Å². The lowest BCUT2D eigenvalue weighted by molar-refractivity contribution is 0.860. The smallest absolute Gasteiger partial charge is 0.141 e. The molecule has 118 valence electrons. The van der Waals surface area contributed by atoms with Crippen molar-refractivity contribution in [3.63, 3.8) is 0 Å². The Morgan fingerprint density at radius 1 is 1.22 bits per heavy atom. The predicted octanol–water partition coefficient (Wildman–Crippen LogP) is 5.70. The number of allylic oxidation sites excluding steroid dienone is 1. The molecule has 0 amide bonds. The van der Waals surface area contributed by atoms with Gasteiger partial charge < -0.3 is 4.57 Å². The molecular weight excluding hydrogens is 300 g/mol. The molecular formula is C20H22N2S. The predicted molar refractivity (Wildman–Crippen MR) is 101 cm³/mol. The van der Waals surface area contributed by atoms with Crippen molar-refractivity contribution >= 4 is 22.8 Å². The molecule has 0 unspecified atom stereocenters. The van der Waals surface area contributed by atoms with Crippen molar-refractivity contribution in [3.05, 3.63) is 60.7 Å². The molecule has 0 aliphatic rings. The Morgan fingerprint density at radius 3 is 2.78 bits per heavy atom. The summed E-state index contributed by atoms with van der Waals surface area (Å²) < 4.78 is 2.26. The minimum absolute atomic E-state index is 0.766. The second-order valence-electron chi connectivity index (χ2n) is 5.65. The van der Waals surface area contributed by atoms with Crippen LogP contribution < -0.4 is 0 Å². The standard InChI is InChI=1S/C20H22N2S/c1-4-12-22-19-14-16(23-13-5-2)10-11-18(19)21-20(22)17-9-7-6-8-15(17)3/h4,6-11,14H,1,5,12-13H2,2-3H3. The lowest BCUT2D eigenvalue weighted by Crippen LogP contribution is -1.99. The van der Waals surface area contributed by atoms with E-state index in [1.807, 2.05) is 17.8 Å². The lowest BCUT2D eigenvalue weighted by atomic mass is 10.1. The highest BCUT2D eigenvalue weighted by Gasteiger charge is 2.13. The molecule has 0 N–H and O–H groups in total. The van der Waals surface area contributed by atoms with E-state index in [1.165, 1.54) is 28.0 Å². The zero-order valence-electron chi connectivity index (χ0n) is 13.7. The first-order valence-electron chi connectivity index (χ1n) is 8.04. The highest BCUT2D eigenvalue weighted by atomic mass is 32.2. The average Bonchev–Trinajstić information content (AvgIpc) is 2.92. The van der Waals surface area contributed by atoms with Crippen LogP contribution in [0.15, 0.2) is 60.0 Å². The third-order valence-corrected chi connectivity index (χ3v) is 5.09. The summed E-state index contributed by atoms with van der Waals surface area (Å²) in [6, 6.07) is 15.0. The van der Waals surface area contributed by atoms with E-state index >= 15 is 0 Å². The Kier molecular flexibility index (Phi) is 4.87. The van der Waals surface area contributed by atoms with Gasteiger partial charge in [-0.2, -0.15) is 0 Å². The fourth-order valence-corrected chi connectivity index (χ4v) is 3.55. The van der Waals surface area contributed by atoms with Gasteiger partial charge in [-0.1, -0.05) is 37.3 Å². The molecule has 2 aromatic carbocycles. The van der Waals surface area contributed by atoms with Crippen molar-refractivity contribution in [2.24, 2.45) is 0 Å². The monoisotopic (exact) mass is 322 g/mol. The molecule has 0 bridgehead atoms. The van der Waals surface area contributed by atoms with Crippen LogP contribution in [0.2, 0.25) is 0 Å². The number of rotatable bonds is 6. The fourth-order valence-electron chi connectivity index (χ4n) is 2.76. The van der Waals surface area contributed by atoms with Gasteiger partial charge in [0.15, 0.2) is 0 Å². The van der Waals surface area contributed by atoms with Gasteiger partial charge in [-0.25, -0.2) is 4.98 Å². The molecule has 0 saturated carbocycles. The highest BCUT2D eigenvalue weighted by molar-refractivity contribution is 7.99. The molecule has 0 atom stereocenters. The fraction of sp³-hybridized carbons (Fsp3) is 0.250. The van der Waals surface area contributed by atoms with Crippen LogP contribution in [-0.2, 0) is 6.54 Å². The highest BCUT2D eigenvalue weighted by Crippen LogP contribution is 2.30. The number of hydrogen-bond acceptors (Lipinski definition) is 2. The third-order valence-electron chi connectivity index (χ3n) is 3.89. The van der Waals surface area contributed by atoms with Gasteiger partial charge in [-0.05, 0) is 42.9 Å². The molecule has 3 rings (SSSR count). The van der Waals surface area contributed by atoms with Crippen molar-refractivity contribution in [2.45, 2.75) is 31.7 Å². The van der Waals surface area contributed by atoms with Gasteiger partial charge in [0.05, 0.1) is 11.0 Å². The molecule has 0 fully saturated rings.